The Morgan fingerprint density at radius 1 is 1.15 bits per heavy atom. The maximum absolute atomic E-state index is 12.2. The van der Waals surface area contributed by atoms with Crippen molar-refractivity contribution >= 4 is 16.0 Å². The van der Waals surface area contributed by atoms with Crippen molar-refractivity contribution in [2.45, 2.75) is 12.5 Å². The Morgan fingerprint density at radius 2 is 1.89 bits per heavy atom. The van der Waals surface area contributed by atoms with E-state index in [9.17, 15) is 8.42 Å². The van der Waals surface area contributed by atoms with Crippen LogP contribution in [0.4, 0.5) is 0 Å². The summed E-state index contributed by atoms with van der Waals surface area (Å²) in [4.78, 5) is 0. The number of nitrogens with zero attached hydrogens (tertiary/aromatic N) is 2. The molecule has 0 saturated carbocycles. The lowest BCUT2D eigenvalue weighted by atomic mass is 9.81. The average Bonchev–Trinajstić information content (AvgIpc) is 2.66. The minimum Gasteiger partial charge on any atom is -0.368 e. The van der Waals surface area contributed by atoms with Gasteiger partial charge in [-0.3, -0.25) is 0 Å². The second-order valence-corrected chi connectivity index (χ2v) is 7.71. The van der Waals surface area contributed by atoms with Crippen molar-refractivity contribution in [2.24, 2.45) is 10.3 Å². The van der Waals surface area contributed by atoms with E-state index in [1.807, 2.05) is 18.2 Å². The molecular formula is C20H16N2O4S. The maximum atomic E-state index is 12.2. The molecule has 136 valence electrons. The molecule has 1 unspecified atom stereocenters. The van der Waals surface area contributed by atoms with E-state index in [0.717, 1.165) is 11.1 Å². The molecular weight excluding hydrogens is 364 g/mol. The van der Waals surface area contributed by atoms with Crippen molar-refractivity contribution in [3.8, 4) is 11.8 Å². The standard InChI is InChI=1S/C20H16N2O4S/c1-13-10-17(20(25-12-13)15-8-6-14(11-21)7-9-15)19-16-4-2-3-5-18(16)26-27(23,24)22-19/h2-9,17,20H,1,10,12H2/t17?,20-/m1/s1. The molecule has 0 bridgehead atoms. The van der Waals surface area contributed by atoms with Gasteiger partial charge in [-0.2, -0.15) is 13.7 Å². The molecule has 0 N–H and O–H groups in total. The van der Waals surface area contributed by atoms with Crippen LogP contribution in [0.3, 0.4) is 0 Å². The molecule has 4 rings (SSSR count). The Kier molecular flexibility index (Phi) is 4.30. The average molecular weight is 380 g/mol. The lowest BCUT2D eigenvalue weighted by Gasteiger charge is -2.35. The molecule has 0 aliphatic carbocycles. The molecule has 2 aliphatic rings. The number of para-hydroxylation sites is 1. The molecule has 2 atom stereocenters. The SMILES string of the molecule is C=C1CO[C@H](c2ccc(C#N)cc2)C(C2=NS(=O)(=O)Oc3ccccc32)C1. The summed E-state index contributed by atoms with van der Waals surface area (Å²) in [5.41, 5.74) is 3.32. The second-order valence-electron chi connectivity index (χ2n) is 6.51. The lowest BCUT2D eigenvalue weighted by molar-refractivity contribution is 0.0209. The third kappa shape index (κ3) is 3.37. The zero-order chi connectivity index (χ0) is 19.0. The first-order valence-corrected chi connectivity index (χ1v) is 9.75. The van der Waals surface area contributed by atoms with Gasteiger partial charge in [0.1, 0.15) is 0 Å². The molecule has 27 heavy (non-hydrogen) atoms. The topological polar surface area (TPSA) is 88.8 Å². The van der Waals surface area contributed by atoms with E-state index >= 15 is 0 Å². The number of ether oxygens (including phenoxy) is 1. The van der Waals surface area contributed by atoms with Crippen LogP contribution in [0.2, 0.25) is 0 Å². The van der Waals surface area contributed by atoms with Crippen molar-refractivity contribution in [1.29, 1.82) is 5.26 Å². The Bertz CT molecular complexity index is 1080. The van der Waals surface area contributed by atoms with Crippen LogP contribution in [0.25, 0.3) is 0 Å². The summed E-state index contributed by atoms with van der Waals surface area (Å²) in [6.45, 7) is 4.39. The van der Waals surface area contributed by atoms with Crippen LogP contribution in [-0.4, -0.2) is 20.7 Å². The summed E-state index contributed by atoms with van der Waals surface area (Å²) in [5, 5.41) is 9.00. The molecule has 1 saturated heterocycles. The van der Waals surface area contributed by atoms with Gasteiger partial charge in [-0.1, -0.05) is 36.4 Å². The van der Waals surface area contributed by atoms with Crippen LogP contribution < -0.4 is 4.18 Å². The largest absolute Gasteiger partial charge is 0.428 e. The molecule has 2 aliphatic heterocycles. The van der Waals surface area contributed by atoms with Gasteiger partial charge in [-0.05, 0) is 36.2 Å². The van der Waals surface area contributed by atoms with Crippen LogP contribution >= 0.6 is 0 Å². The van der Waals surface area contributed by atoms with Gasteiger partial charge in [0.05, 0.1) is 30.1 Å². The van der Waals surface area contributed by atoms with Crippen molar-refractivity contribution in [1.82, 2.24) is 0 Å². The Balaban J connectivity index is 1.81. The van der Waals surface area contributed by atoms with E-state index in [4.69, 9.17) is 14.2 Å². The third-order valence-electron chi connectivity index (χ3n) is 4.63. The van der Waals surface area contributed by atoms with E-state index in [2.05, 4.69) is 17.0 Å². The van der Waals surface area contributed by atoms with Crippen molar-refractivity contribution < 1.29 is 17.3 Å². The van der Waals surface area contributed by atoms with Gasteiger partial charge in [0.15, 0.2) is 5.75 Å². The zero-order valence-electron chi connectivity index (χ0n) is 14.3. The summed E-state index contributed by atoms with van der Waals surface area (Å²) in [6, 6.07) is 16.1. The molecule has 0 amide bonds. The molecule has 2 aromatic carbocycles. The Labute approximate surface area is 157 Å². The summed E-state index contributed by atoms with van der Waals surface area (Å²) >= 11 is 0. The molecule has 0 radical (unpaired) electrons. The highest BCUT2D eigenvalue weighted by Crippen LogP contribution is 2.41. The van der Waals surface area contributed by atoms with E-state index in [1.165, 1.54) is 0 Å². The number of benzene rings is 2. The van der Waals surface area contributed by atoms with E-state index < -0.39 is 16.4 Å². The minimum absolute atomic E-state index is 0.261. The van der Waals surface area contributed by atoms with E-state index in [1.54, 1.807) is 30.3 Å². The Morgan fingerprint density at radius 3 is 2.63 bits per heavy atom. The highest BCUT2D eigenvalue weighted by atomic mass is 32.2. The number of nitriles is 1. The van der Waals surface area contributed by atoms with Crippen LogP contribution in [0.15, 0.2) is 65.1 Å². The lowest BCUT2D eigenvalue weighted by Crippen LogP contribution is -2.33. The molecule has 2 aromatic rings. The number of rotatable bonds is 2. The molecule has 0 spiro atoms. The predicted octanol–water partition coefficient (Wildman–Crippen LogP) is 3.32. The maximum Gasteiger partial charge on any atom is 0.428 e. The fourth-order valence-electron chi connectivity index (χ4n) is 3.44. The molecule has 6 nitrogen and oxygen atoms in total. The van der Waals surface area contributed by atoms with Gasteiger partial charge in [0.25, 0.3) is 0 Å². The van der Waals surface area contributed by atoms with Gasteiger partial charge in [-0.25, -0.2) is 0 Å². The van der Waals surface area contributed by atoms with Crippen molar-refractivity contribution in [3.05, 3.63) is 77.4 Å². The molecule has 7 heteroatoms. The van der Waals surface area contributed by atoms with Crippen LogP contribution in [-0.2, 0) is 15.0 Å². The van der Waals surface area contributed by atoms with Gasteiger partial charge in [-0.15, -0.1) is 4.40 Å². The van der Waals surface area contributed by atoms with Crippen molar-refractivity contribution in [2.75, 3.05) is 6.61 Å². The van der Waals surface area contributed by atoms with Gasteiger partial charge in [0.2, 0.25) is 0 Å². The van der Waals surface area contributed by atoms with Gasteiger partial charge in [0, 0.05) is 11.5 Å². The molecule has 1 fully saturated rings. The predicted molar refractivity (Wildman–Crippen MR) is 99.6 cm³/mol. The first-order valence-electron chi connectivity index (χ1n) is 8.39. The fraction of sp³-hybridized carbons (Fsp3) is 0.200. The highest BCUT2D eigenvalue weighted by Gasteiger charge is 2.38. The first-order chi connectivity index (χ1) is 13.0. The number of hydrogen-bond donors (Lipinski definition) is 0. The van der Waals surface area contributed by atoms with E-state index in [0.29, 0.717) is 29.9 Å². The monoisotopic (exact) mass is 380 g/mol. The summed E-state index contributed by atoms with van der Waals surface area (Å²) in [5.74, 6) is -0.0729. The first kappa shape index (κ1) is 17.5. The zero-order valence-corrected chi connectivity index (χ0v) is 15.1. The smallest absolute Gasteiger partial charge is 0.368 e. The van der Waals surface area contributed by atoms with E-state index in [-0.39, 0.29) is 11.7 Å². The summed E-state index contributed by atoms with van der Waals surface area (Å²) < 4.78 is 39.3. The Hall–Kier alpha value is -2.95. The normalized spacial score (nSPS) is 23.5. The number of fused-ring (bicyclic) bond motifs is 1. The van der Waals surface area contributed by atoms with Crippen LogP contribution in [0.1, 0.15) is 29.2 Å². The van der Waals surface area contributed by atoms with Crippen LogP contribution in [0.5, 0.6) is 5.75 Å². The van der Waals surface area contributed by atoms with Crippen molar-refractivity contribution in [3.63, 3.8) is 0 Å². The summed E-state index contributed by atoms with van der Waals surface area (Å²) in [6.07, 6.45) is 0.149. The van der Waals surface area contributed by atoms with Gasteiger partial charge >= 0.3 is 10.3 Å². The minimum atomic E-state index is -4.07. The summed E-state index contributed by atoms with van der Waals surface area (Å²) in [7, 11) is -4.07. The molecule has 2 heterocycles. The third-order valence-corrected chi connectivity index (χ3v) is 5.44. The molecule has 0 aromatic heterocycles. The fourth-order valence-corrected chi connectivity index (χ4v) is 4.32. The number of hydrogen-bond acceptors (Lipinski definition) is 5. The van der Waals surface area contributed by atoms with Crippen LogP contribution in [0, 0.1) is 17.2 Å². The second kappa shape index (κ2) is 6.65. The van der Waals surface area contributed by atoms with Gasteiger partial charge < -0.3 is 8.92 Å². The highest BCUT2D eigenvalue weighted by molar-refractivity contribution is 7.86. The quantitative estimate of drug-likeness (QED) is 0.746.